The summed E-state index contributed by atoms with van der Waals surface area (Å²) < 4.78 is 0. The lowest BCUT2D eigenvalue weighted by Crippen LogP contribution is -2.33. The van der Waals surface area contributed by atoms with Crippen molar-refractivity contribution >= 4 is 18.0 Å². The van der Waals surface area contributed by atoms with E-state index in [1.165, 1.54) is 0 Å². The van der Waals surface area contributed by atoms with Crippen LogP contribution in [0.25, 0.3) is 0 Å². The summed E-state index contributed by atoms with van der Waals surface area (Å²) in [7, 11) is 0. The number of carbonyl (C=O) groups excluding carboxylic acids is 1. The molecule has 0 radical (unpaired) electrons. The second-order valence-corrected chi connectivity index (χ2v) is 4.18. The van der Waals surface area contributed by atoms with E-state index in [1.807, 2.05) is 0 Å². The Bertz CT molecular complexity index is 319. The highest BCUT2D eigenvalue weighted by Gasteiger charge is 2.09. The van der Waals surface area contributed by atoms with E-state index in [0.717, 1.165) is 12.8 Å². The first-order valence-electron chi connectivity index (χ1n) is 6.58. The summed E-state index contributed by atoms with van der Waals surface area (Å²) in [5, 5.41) is 10.7. The first kappa shape index (κ1) is 21.2. The van der Waals surface area contributed by atoms with Crippen LogP contribution in [0.1, 0.15) is 25.7 Å². The van der Waals surface area contributed by atoms with E-state index in [0.29, 0.717) is 32.5 Å². The zero-order valence-electron chi connectivity index (χ0n) is 12.1. The van der Waals surface area contributed by atoms with Crippen molar-refractivity contribution in [2.24, 2.45) is 33.7 Å². The summed E-state index contributed by atoms with van der Waals surface area (Å²) in [5.74, 6) is -0.874. The molecule has 0 aromatic heterocycles. The molecule has 1 atom stereocenters. The van der Waals surface area contributed by atoms with Crippen molar-refractivity contribution in [2.75, 3.05) is 19.6 Å². The molecule has 10 nitrogen and oxygen atoms in total. The lowest BCUT2D eigenvalue weighted by molar-refractivity contribution is -0.138. The van der Waals surface area contributed by atoms with Crippen molar-refractivity contribution in [2.45, 2.75) is 31.7 Å². The van der Waals surface area contributed by atoms with E-state index in [2.05, 4.69) is 10.3 Å². The molecule has 0 saturated heterocycles. The standard InChI is InChI=1S/C6H13N3O3.C5H14N4/c7-4(5(10)11)2-1-3-9-6(8)12;6-3-1-2-4-9-5(7)8/h4H,1-3,7H2,(H,10,11)(H3,8,9,12);1-4,6H2,(H4,7,8,9). The SMILES string of the molecule is NC(=O)NCCCC(N)C(=O)O.NCCCCN=C(N)N. The summed E-state index contributed by atoms with van der Waals surface area (Å²) >= 11 is 0. The highest BCUT2D eigenvalue weighted by atomic mass is 16.4. The molecule has 0 saturated carbocycles. The van der Waals surface area contributed by atoms with Gasteiger partial charge in [0.05, 0.1) is 0 Å². The van der Waals surface area contributed by atoms with Crippen LogP contribution in [0.15, 0.2) is 4.99 Å². The van der Waals surface area contributed by atoms with Crippen molar-refractivity contribution in [1.29, 1.82) is 0 Å². The molecule has 0 aliphatic rings. The number of aliphatic imine (C=N–C) groups is 1. The number of nitrogens with two attached hydrogens (primary N) is 5. The van der Waals surface area contributed by atoms with Crippen molar-refractivity contribution in [3.8, 4) is 0 Å². The molecule has 0 bridgehead atoms. The van der Waals surface area contributed by atoms with Gasteiger partial charge in [-0.2, -0.15) is 0 Å². The van der Waals surface area contributed by atoms with Crippen LogP contribution in [0.3, 0.4) is 0 Å². The number of aliphatic carboxylic acids is 1. The van der Waals surface area contributed by atoms with E-state index in [-0.39, 0.29) is 5.96 Å². The molecule has 0 heterocycles. The maximum absolute atomic E-state index is 10.2. The molecule has 1 unspecified atom stereocenters. The molecule has 0 aromatic rings. The fourth-order valence-electron chi connectivity index (χ4n) is 1.12. The number of amides is 2. The second-order valence-electron chi connectivity index (χ2n) is 4.18. The van der Waals surface area contributed by atoms with Gasteiger partial charge in [0.15, 0.2) is 5.96 Å². The van der Waals surface area contributed by atoms with Gasteiger partial charge in [-0.15, -0.1) is 0 Å². The van der Waals surface area contributed by atoms with Crippen molar-refractivity contribution in [3.63, 3.8) is 0 Å². The number of urea groups is 1. The lowest BCUT2D eigenvalue weighted by Gasteiger charge is -2.05. The molecular formula is C11H27N7O3. The minimum absolute atomic E-state index is 0.159. The topological polar surface area (TPSA) is 209 Å². The average Bonchev–Trinajstić information content (AvgIpc) is 2.39. The number of primary amides is 1. The van der Waals surface area contributed by atoms with Gasteiger partial charge < -0.3 is 39.1 Å². The Hall–Kier alpha value is -2.07. The summed E-state index contributed by atoms with van der Waals surface area (Å²) in [6.45, 7) is 1.76. The third-order valence-electron chi connectivity index (χ3n) is 2.21. The Morgan fingerprint density at radius 1 is 1.14 bits per heavy atom. The molecule has 0 fully saturated rings. The first-order valence-corrected chi connectivity index (χ1v) is 6.58. The van der Waals surface area contributed by atoms with E-state index in [4.69, 9.17) is 33.8 Å². The second kappa shape index (κ2) is 14.3. The van der Waals surface area contributed by atoms with Crippen LogP contribution in [0.4, 0.5) is 4.79 Å². The Morgan fingerprint density at radius 2 is 1.76 bits per heavy atom. The minimum atomic E-state index is -1.03. The van der Waals surface area contributed by atoms with Gasteiger partial charge in [-0.3, -0.25) is 9.79 Å². The number of guanidine groups is 1. The van der Waals surface area contributed by atoms with Crippen LogP contribution < -0.4 is 34.0 Å². The fourth-order valence-corrected chi connectivity index (χ4v) is 1.12. The molecule has 2 amide bonds. The molecule has 21 heavy (non-hydrogen) atoms. The predicted molar refractivity (Wildman–Crippen MR) is 81.4 cm³/mol. The predicted octanol–water partition coefficient (Wildman–Crippen LogP) is -2.15. The van der Waals surface area contributed by atoms with Crippen LogP contribution in [0.5, 0.6) is 0 Å². The van der Waals surface area contributed by atoms with Crippen LogP contribution in [0, 0.1) is 0 Å². The van der Waals surface area contributed by atoms with Gasteiger partial charge in [-0.05, 0) is 32.2 Å². The summed E-state index contributed by atoms with van der Waals surface area (Å²) in [5.41, 5.74) is 25.3. The molecule has 0 spiro atoms. The molecule has 0 aliphatic carbocycles. The highest BCUT2D eigenvalue weighted by molar-refractivity contribution is 5.75. The van der Waals surface area contributed by atoms with Gasteiger partial charge in [-0.1, -0.05) is 0 Å². The highest BCUT2D eigenvalue weighted by Crippen LogP contribution is 1.92. The number of carboxylic acids is 1. The first-order chi connectivity index (χ1) is 9.81. The number of rotatable bonds is 9. The zero-order chi connectivity index (χ0) is 16.7. The number of carboxylic acid groups (broad SMARTS) is 1. The Labute approximate surface area is 124 Å². The van der Waals surface area contributed by atoms with Crippen LogP contribution >= 0.6 is 0 Å². The Balaban J connectivity index is 0. The summed E-state index contributed by atoms with van der Waals surface area (Å²) in [4.78, 5) is 24.1. The van der Waals surface area contributed by atoms with Crippen LogP contribution in [-0.2, 0) is 4.79 Å². The van der Waals surface area contributed by atoms with E-state index in [1.54, 1.807) is 0 Å². The zero-order valence-corrected chi connectivity index (χ0v) is 12.1. The van der Waals surface area contributed by atoms with Gasteiger partial charge in [-0.25, -0.2) is 4.79 Å². The van der Waals surface area contributed by atoms with E-state index < -0.39 is 18.0 Å². The maximum Gasteiger partial charge on any atom is 0.320 e. The van der Waals surface area contributed by atoms with Gasteiger partial charge in [0.2, 0.25) is 0 Å². The molecule has 0 aromatic carbocycles. The average molecular weight is 305 g/mol. The smallest absolute Gasteiger partial charge is 0.320 e. The van der Waals surface area contributed by atoms with Crippen molar-refractivity contribution in [1.82, 2.24) is 5.32 Å². The largest absolute Gasteiger partial charge is 0.480 e. The van der Waals surface area contributed by atoms with Crippen LogP contribution in [-0.4, -0.2) is 48.7 Å². The van der Waals surface area contributed by atoms with Gasteiger partial charge in [0.25, 0.3) is 0 Å². The third-order valence-corrected chi connectivity index (χ3v) is 2.21. The lowest BCUT2D eigenvalue weighted by atomic mass is 10.2. The van der Waals surface area contributed by atoms with E-state index in [9.17, 15) is 9.59 Å². The van der Waals surface area contributed by atoms with Crippen molar-refractivity contribution in [3.05, 3.63) is 0 Å². The molecule has 124 valence electrons. The maximum atomic E-state index is 10.2. The number of hydrogen-bond donors (Lipinski definition) is 7. The summed E-state index contributed by atoms with van der Waals surface area (Å²) in [6.07, 6.45) is 2.79. The Morgan fingerprint density at radius 3 is 2.19 bits per heavy atom. The van der Waals surface area contributed by atoms with Gasteiger partial charge >= 0.3 is 12.0 Å². The molecule has 12 N–H and O–H groups in total. The van der Waals surface area contributed by atoms with Crippen LogP contribution in [0.2, 0.25) is 0 Å². The molecule has 0 aliphatic heterocycles. The number of hydrogen-bond acceptors (Lipinski definition) is 5. The molecular weight excluding hydrogens is 278 g/mol. The number of nitrogens with one attached hydrogen (secondary N) is 1. The third kappa shape index (κ3) is 20.4. The van der Waals surface area contributed by atoms with Gasteiger partial charge in [0.1, 0.15) is 6.04 Å². The number of nitrogens with zero attached hydrogens (tertiary/aromatic N) is 1. The molecule has 0 rings (SSSR count). The number of carbonyl (C=O) groups is 2. The fraction of sp³-hybridized carbons (Fsp3) is 0.727. The molecule has 10 heteroatoms. The quantitative estimate of drug-likeness (QED) is 0.142. The minimum Gasteiger partial charge on any atom is -0.480 e. The number of unbranched alkanes of at least 4 members (excludes halogenated alkanes) is 1. The van der Waals surface area contributed by atoms with E-state index >= 15 is 0 Å². The normalized spacial score (nSPS) is 10.8. The van der Waals surface area contributed by atoms with Gasteiger partial charge in [0, 0.05) is 13.1 Å². The van der Waals surface area contributed by atoms with Crippen molar-refractivity contribution < 1.29 is 14.7 Å². The Kier molecular flexibility index (Phi) is 14.5. The monoisotopic (exact) mass is 305 g/mol. The summed E-state index contributed by atoms with van der Waals surface area (Å²) in [6, 6.07) is -1.47.